The van der Waals surface area contributed by atoms with Crippen molar-refractivity contribution in [2.75, 3.05) is 6.54 Å². The summed E-state index contributed by atoms with van der Waals surface area (Å²) in [6, 6.07) is 9.24. The van der Waals surface area contributed by atoms with Crippen molar-refractivity contribution in [2.24, 2.45) is 0 Å². The van der Waals surface area contributed by atoms with Gasteiger partial charge in [-0.25, -0.2) is 0 Å². The average molecular weight is 287 g/mol. The third-order valence-electron chi connectivity index (χ3n) is 5.59. The van der Waals surface area contributed by atoms with E-state index < -0.39 is 5.60 Å². The topological polar surface area (TPSA) is 32.3 Å². The summed E-state index contributed by atoms with van der Waals surface area (Å²) in [5.41, 5.74) is 2.72. The minimum atomic E-state index is -0.472. The maximum Gasteiger partial charge on any atom is 0.0771 e. The highest BCUT2D eigenvalue weighted by Gasteiger charge is 2.34. The van der Waals surface area contributed by atoms with E-state index in [1.807, 2.05) is 0 Å². The van der Waals surface area contributed by atoms with E-state index in [-0.39, 0.29) is 5.41 Å². The van der Waals surface area contributed by atoms with Crippen molar-refractivity contribution in [1.29, 1.82) is 0 Å². The van der Waals surface area contributed by atoms with E-state index in [0.717, 1.165) is 19.4 Å². The summed E-state index contributed by atoms with van der Waals surface area (Å²) in [5.74, 6) is 0. The molecule has 3 rings (SSSR count). The smallest absolute Gasteiger partial charge is 0.0771 e. The van der Waals surface area contributed by atoms with Crippen LogP contribution in [0.5, 0.6) is 0 Å². The molecule has 1 fully saturated rings. The van der Waals surface area contributed by atoms with E-state index in [1.165, 1.54) is 43.2 Å². The Bertz CT molecular complexity index is 488. The number of nitrogens with one attached hydrogen (secondary N) is 1. The van der Waals surface area contributed by atoms with Crippen LogP contribution in [-0.2, 0) is 5.41 Å². The van der Waals surface area contributed by atoms with Crippen molar-refractivity contribution >= 4 is 0 Å². The Labute approximate surface area is 129 Å². The van der Waals surface area contributed by atoms with E-state index in [4.69, 9.17) is 0 Å². The highest BCUT2D eigenvalue weighted by molar-refractivity contribution is 5.38. The number of hydrogen-bond acceptors (Lipinski definition) is 2. The molecule has 2 nitrogen and oxygen atoms in total. The average Bonchev–Trinajstić information content (AvgIpc) is 2.47. The van der Waals surface area contributed by atoms with Crippen LogP contribution in [0.1, 0.15) is 76.0 Å². The monoisotopic (exact) mass is 287 g/mol. The zero-order valence-corrected chi connectivity index (χ0v) is 13.5. The van der Waals surface area contributed by atoms with Crippen LogP contribution in [0.15, 0.2) is 24.3 Å². The van der Waals surface area contributed by atoms with Crippen molar-refractivity contribution in [3.8, 4) is 0 Å². The summed E-state index contributed by atoms with van der Waals surface area (Å²) < 4.78 is 0. The van der Waals surface area contributed by atoms with Crippen molar-refractivity contribution in [3.63, 3.8) is 0 Å². The van der Waals surface area contributed by atoms with E-state index in [0.29, 0.717) is 6.04 Å². The molecule has 2 aliphatic rings. The number of hydrogen-bond donors (Lipinski definition) is 2. The Morgan fingerprint density at radius 2 is 1.81 bits per heavy atom. The lowest BCUT2D eigenvalue weighted by molar-refractivity contribution is 0.00191. The second-order valence-electron chi connectivity index (χ2n) is 7.73. The maximum atomic E-state index is 10.7. The minimum absolute atomic E-state index is 0.274. The predicted molar refractivity (Wildman–Crippen MR) is 87.5 cm³/mol. The Morgan fingerprint density at radius 3 is 2.57 bits per heavy atom. The number of benzene rings is 1. The van der Waals surface area contributed by atoms with Gasteiger partial charge in [-0.2, -0.15) is 0 Å². The van der Waals surface area contributed by atoms with Crippen molar-refractivity contribution in [1.82, 2.24) is 5.32 Å². The molecule has 2 N–H and O–H groups in total. The molecule has 1 unspecified atom stereocenters. The quantitative estimate of drug-likeness (QED) is 0.878. The molecule has 1 aromatic carbocycles. The molecule has 0 aromatic heterocycles. The molecule has 0 amide bonds. The zero-order chi connectivity index (χ0) is 14.9. The van der Waals surface area contributed by atoms with Gasteiger partial charge in [0.2, 0.25) is 0 Å². The molecule has 0 bridgehead atoms. The first-order valence-corrected chi connectivity index (χ1v) is 8.55. The molecule has 0 radical (unpaired) electrons. The second-order valence-corrected chi connectivity index (χ2v) is 7.73. The molecule has 1 aromatic rings. The van der Waals surface area contributed by atoms with Gasteiger partial charge in [0.25, 0.3) is 0 Å². The van der Waals surface area contributed by atoms with Crippen LogP contribution in [0, 0.1) is 0 Å². The minimum Gasteiger partial charge on any atom is -0.389 e. The van der Waals surface area contributed by atoms with Crippen molar-refractivity contribution in [2.45, 2.75) is 75.9 Å². The van der Waals surface area contributed by atoms with Gasteiger partial charge in [0.1, 0.15) is 0 Å². The predicted octanol–water partition coefficient (Wildman–Crippen LogP) is 4.08. The molecule has 1 atom stereocenters. The molecular formula is C19H29NO. The summed E-state index contributed by atoms with van der Waals surface area (Å²) in [6.07, 6.45) is 7.92. The van der Waals surface area contributed by atoms with Gasteiger partial charge in [0.15, 0.2) is 0 Å². The molecule has 21 heavy (non-hydrogen) atoms. The second kappa shape index (κ2) is 5.73. The molecule has 116 valence electrons. The number of rotatable bonds is 3. The first-order valence-electron chi connectivity index (χ1n) is 8.55. The van der Waals surface area contributed by atoms with Crippen LogP contribution in [-0.4, -0.2) is 17.3 Å². The van der Waals surface area contributed by atoms with Crippen LogP contribution in [0.25, 0.3) is 0 Å². The Balaban J connectivity index is 1.72. The Morgan fingerprint density at radius 1 is 1.10 bits per heavy atom. The molecule has 0 aliphatic heterocycles. The lowest BCUT2D eigenvalue weighted by Gasteiger charge is -2.39. The van der Waals surface area contributed by atoms with Crippen LogP contribution in [0.2, 0.25) is 0 Å². The first kappa shape index (κ1) is 15.1. The largest absolute Gasteiger partial charge is 0.389 e. The van der Waals surface area contributed by atoms with Crippen LogP contribution >= 0.6 is 0 Å². The third-order valence-corrected chi connectivity index (χ3v) is 5.59. The zero-order valence-electron chi connectivity index (χ0n) is 13.5. The molecule has 2 aliphatic carbocycles. The fourth-order valence-corrected chi connectivity index (χ4v) is 4.12. The van der Waals surface area contributed by atoms with Gasteiger partial charge >= 0.3 is 0 Å². The van der Waals surface area contributed by atoms with Crippen LogP contribution in [0.4, 0.5) is 0 Å². The summed E-state index contributed by atoms with van der Waals surface area (Å²) in [5, 5.41) is 14.4. The van der Waals surface area contributed by atoms with Gasteiger partial charge in [-0.05, 0) is 42.2 Å². The molecular weight excluding hydrogens is 258 g/mol. The molecule has 0 spiro atoms. The van der Waals surface area contributed by atoms with Gasteiger partial charge in [0.05, 0.1) is 5.60 Å². The van der Waals surface area contributed by atoms with Crippen molar-refractivity contribution < 1.29 is 5.11 Å². The number of fused-ring (bicyclic) bond motifs is 1. The van der Waals surface area contributed by atoms with Gasteiger partial charge < -0.3 is 10.4 Å². The van der Waals surface area contributed by atoms with E-state index in [1.54, 1.807) is 0 Å². The van der Waals surface area contributed by atoms with Gasteiger partial charge in [0, 0.05) is 12.6 Å². The highest BCUT2D eigenvalue weighted by atomic mass is 16.3. The van der Waals surface area contributed by atoms with Gasteiger partial charge in [-0.1, -0.05) is 57.4 Å². The van der Waals surface area contributed by atoms with Gasteiger partial charge in [-0.3, -0.25) is 0 Å². The van der Waals surface area contributed by atoms with E-state index >= 15 is 0 Å². The molecule has 1 saturated carbocycles. The molecule has 0 saturated heterocycles. The van der Waals surface area contributed by atoms with Crippen molar-refractivity contribution in [3.05, 3.63) is 35.4 Å². The summed E-state index contributed by atoms with van der Waals surface area (Å²) in [4.78, 5) is 0. The fourth-order valence-electron chi connectivity index (χ4n) is 4.12. The Hall–Kier alpha value is -0.860. The summed E-state index contributed by atoms with van der Waals surface area (Å²) in [6.45, 7) is 5.43. The Kier molecular flexibility index (Phi) is 4.11. The highest BCUT2D eigenvalue weighted by Crippen LogP contribution is 2.41. The first-order chi connectivity index (χ1) is 10.0. The van der Waals surface area contributed by atoms with Crippen LogP contribution in [0.3, 0.4) is 0 Å². The van der Waals surface area contributed by atoms with Crippen LogP contribution < -0.4 is 5.32 Å². The summed E-state index contributed by atoms with van der Waals surface area (Å²) >= 11 is 0. The maximum absolute atomic E-state index is 10.7. The lowest BCUT2D eigenvalue weighted by Crippen LogP contribution is -2.44. The standard InChI is InChI=1S/C19H29NO/c1-18(2)13-10-17(15-8-4-5-9-16(15)18)20-14-19(21)11-6-3-7-12-19/h4-5,8-9,17,20-21H,3,6-7,10-14H2,1-2H3. The molecule has 0 heterocycles. The lowest BCUT2D eigenvalue weighted by atomic mass is 9.71. The third kappa shape index (κ3) is 3.17. The number of aliphatic hydroxyl groups is 1. The summed E-state index contributed by atoms with van der Waals surface area (Å²) in [7, 11) is 0. The SMILES string of the molecule is CC1(C)CCC(NCC2(O)CCCCC2)c2ccccc21. The van der Waals surface area contributed by atoms with E-state index in [2.05, 4.69) is 43.4 Å². The van der Waals surface area contributed by atoms with Gasteiger partial charge in [-0.15, -0.1) is 0 Å². The normalized spacial score (nSPS) is 27.1. The fraction of sp³-hybridized carbons (Fsp3) is 0.684. The molecule has 2 heteroatoms. The van der Waals surface area contributed by atoms with E-state index in [9.17, 15) is 5.11 Å².